The molecule has 2 heterocycles. The van der Waals surface area contributed by atoms with Gasteiger partial charge >= 0.3 is 0 Å². The third-order valence-electron chi connectivity index (χ3n) is 5.78. The molecule has 0 aromatic rings. The van der Waals surface area contributed by atoms with Gasteiger partial charge in [-0.25, -0.2) is 0 Å². The summed E-state index contributed by atoms with van der Waals surface area (Å²) in [7, 11) is 1.64. The Balaban J connectivity index is 0.00000480. The molecule has 0 aromatic heterocycles. The van der Waals surface area contributed by atoms with Crippen molar-refractivity contribution in [2.24, 2.45) is 16.3 Å². The van der Waals surface area contributed by atoms with Gasteiger partial charge < -0.3 is 25.0 Å². The average molecular weight is 554 g/mol. The van der Waals surface area contributed by atoms with Crippen LogP contribution in [0.4, 0.5) is 0 Å². The number of hydrogen-bond acceptors (Lipinski definition) is 5. The Labute approximate surface area is 205 Å². The number of rotatable bonds is 8. The van der Waals surface area contributed by atoms with Crippen LogP contribution >= 0.6 is 24.0 Å². The van der Waals surface area contributed by atoms with E-state index in [0.717, 1.165) is 58.3 Å². The highest BCUT2D eigenvalue weighted by molar-refractivity contribution is 14.0. The smallest absolute Gasteiger partial charge is 0.234 e. The van der Waals surface area contributed by atoms with Gasteiger partial charge in [0.25, 0.3) is 0 Å². The van der Waals surface area contributed by atoms with E-state index in [2.05, 4.69) is 48.1 Å². The van der Waals surface area contributed by atoms with E-state index in [0.29, 0.717) is 25.6 Å². The summed E-state index contributed by atoms with van der Waals surface area (Å²) in [6.07, 6.45) is 2.55. The number of ether oxygens (including phenoxy) is 2. The maximum Gasteiger partial charge on any atom is 0.234 e. The first-order chi connectivity index (χ1) is 14.3. The van der Waals surface area contributed by atoms with E-state index in [1.54, 1.807) is 7.11 Å². The number of guanidine groups is 1. The summed E-state index contributed by atoms with van der Waals surface area (Å²) in [5, 5.41) is 6.35. The van der Waals surface area contributed by atoms with E-state index in [1.165, 1.54) is 6.42 Å². The van der Waals surface area contributed by atoms with Crippen molar-refractivity contribution in [2.75, 3.05) is 72.7 Å². The van der Waals surface area contributed by atoms with Gasteiger partial charge in [-0.15, -0.1) is 24.0 Å². The Morgan fingerprint density at radius 1 is 1.19 bits per heavy atom. The fraction of sp³-hybridized carbons (Fsp3) is 0.909. The lowest BCUT2D eigenvalue weighted by molar-refractivity contribution is -0.122. The first kappa shape index (κ1) is 28.4. The van der Waals surface area contributed by atoms with Crippen LogP contribution in [0.5, 0.6) is 0 Å². The van der Waals surface area contributed by atoms with Crippen molar-refractivity contribution in [2.45, 2.75) is 46.6 Å². The topological polar surface area (TPSA) is 78.4 Å². The molecular formula is C22H44IN5O3. The molecule has 2 fully saturated rings. The second kappa shape index (κ2) is 14.5. The highest BCUT2D eigenvalue weighted by Crippen LogP contribution is 2.34. The Morgan fingerprint density at radius 2 is 1.90 bits per heavy atom. The molecule has 0 aliphatic carbocycles. The average Bonchev–Trinajstić information content (AvgIpc) is 2.71. The molecule has 2 N–H and O–H groups in total. The number of aliphatic imine (C=N–C) groups is 1. The number of piperazine rings is 1. The molecule has 0 spiro atoms. The molecule has 2 aliphatic heterocycles. The lowest BCUT2D eigenvalue weighted by atomic mass is 9.78. The molecule has 1 amide bonds. The quantitative estimate of drug-likeness (QED) is 0.207. The molecule has 2 saturated heterocycles. The third kappa shape index (κ3) is 9.79. The van der Waals surface area contributed by atoms with Crippen LogP contribution in [0.1, 0.15) is 40.5 Å². The monoisotopic (exact) mass is 553 g/mol. The van der Waals surface area contributed by atoms with E-state index in [-0.39, 0.29) is 41.4 Å². The zero-order valence-corrected chi connectivity index (χ0v) is 22.4. The molecule has 0 saturated carbocycles. The fourth-order valence-corrected chi connectivity index (χ4v) is 4.29. The van der Waals surface area contributed by atoms with Gasteiger partial charge in [0.15, 0.2) is 5.96 Å². The van der Waals surface area contributed by atoms with Gasteiger partial charge in [-0.2, -0.15) is 0 Å². The van der Waals surface area contributed by atoms with Crippen molar-refractivity contribution in [3.05, 3.63) is 0 Å². The number of halogens is 1. The summed E-state index contributed by atoms with van der Waals surface area (Å²) in [6, 6.07) is 0. The largest absolute Gasteiger partial charge is 0.383 e. The number of nitrogens with one attached hydrogen (secondary N) is 2. The van der Waals surface area contributed by atoms with E-state index < -0.39 is 0 Å². The molecule has 31 heavy (non-hydrogen) atoms. The lowest BCUT2D eigenvalue weighted by Crippen LogP contribution is -2.54. The van der Waals surface area contributed by atoms with Crippen LogP contribution in [0.25, 0.3) is 0 Å². The minimum Gasteiger partial charge on any atom is -0.383 e. The predicted molar refractivity (Wildman–Crippen MR) is 136 cm³/mol. The summed E-state index contributed by atoms with van der Waals surface area (Å²) in [5.74, 6) is 1.51. The molecule has 2 unspecified atom stereocenters. The predicted octanol–water partition coefficient (Wildman–Crippen LogP) is 1.79. The summed E-state index contributed by atoms with van der Waals surface area (Å²) < 4.78 is 11.1. The molecular weight excluding hydrogens is 509 g/mol. The number of carbonyl (C=O) groups is 1. The standard InChI is InChI=1S/C22H43N5O3.HI/c1-6-23-21(25-16-18-8-7-14-30-20(18)22(2,3)4)27-12-10-26(11-13-27)17-19(28)24-9-15-29-5;/h18,20H,6-17H2,1-5H3,(H,23,25)(H,24,28);1H. The van der Waals surface area contributed by atoms with Gasteiger partial charge in [-0.3, -0.25) is 14.7 Å². The second-order valence-corrected chi connectivity index (χ2v) is 9.36. The Bertz CT molecular complexity index is 548. The zero-order chi connectivity index (χ0) is 22.0. The maximum absolute atomic E-state index is 12.0. The number of amides is 1. The van der Waals surface area contributed by atoms with Gasteiger partial charge in [0.05, 0.1) is 19.3 Å². The van der Waals surface area contributed by atoms with Crippen molar-refractivity contribution in [3.63, 3.8) is 0 Å². The first-order valence-electron chi connectivity index (χ1n) is 11.5. The highest BCUT2D eigenvalue weighted by Gasteiger charge is 2.35. The van der Waals surface area contributed by atoms with Crippen LogP contribution in [0.3, 0.4) is 0 Å². The van der Waals surface area contributed by atoms with Crippen LogP contribution in [-0.2, 0) is 14.3 Å². The fourth-order valence-electron chi connectivity index (χ4n) is 4.29. The van der Waals surface area contributed by atoms with Crippen molar-refractivity contribution in [3.8, 4) is 0 Å². The van der Waals surface area contributed by atoms with Gasteiger partial charge in [0.1, 0.15) is 0 Å². The van der Waals surface area contributed by atoms with Crippen LogP contribution in [-0.4, -0.2) is 100 Å². The summed E-state index contributed by atoms with van der Waals surface area (Å²) in [4.78, 5) is 21.5. The Hall–Kier alpha value is -0.650. The number of methoxy groups -OCH3 is 1. The van der Waals surface area contributed by atoms with E-state index in [4.69, 9.17) is 14.5 Å². The zero-order valence-electron chi connectivity index (χ0n) is 20.1. The SMILES string of the molecule is CCNC(=NCC1CCCOC1C(C)(C)C)N1CCN(CC(=O)NCCOC)CC1.I. The van der Waals surface area contributed by atoms with Crippen LogP contribution in [0.2, 0.25) is 0 Å². The van der Waals surface area contributed by atoms with Crippen molar-refractivity contribution in [1.29, 1.82) is 0 Å². The summed E-state index contributed by atoms with van der Waals surface area (Å²) in [5.41, 5.74) is 0.133. The van der Waals surface area contributed by atoms with Gasteiger partial charge in [-0.1, -0.05) is 20.8 Å². The molecule has 0 bridgehead atoms. The van der Waals surface area contributed by atoms with Crippen molar-refractivity contribution >= 4 is 35.8 Å². The Kier molecular flexibility index (Phi) is 13.3. The van der Waals surface area contributed by atoms with Crippen molar-refractivity contribution in [1.82, 2.24) is 20.4 Å². The minimum atomic E-state index is 0. The van der Waals surface area contributed by atoms with E-state index in [9.17, 15) is 4.79 Å². The molecule has 182 valence electrons. The first-order valence-corrected chi connectivity index (χ1v) is 11.5. The maximum atomic E-state index is 12.0. The van der Waals surface area contributed by atoms with E-state index >= 15 is 0 Å². The molecule has 8 nitrogen and oxygen atoms in total. The summed E-state index contributed by atoms with van der Waals surface area (Å²) in [6.45, 7) is 16.4. The number of nitrogens with zero attached hydrogens (tertiary/aromatic N) is 3. The van der Waals surface area contributed by atoms with Crippen LogP contribution < -0.4 is 10.6 Å². The molecule has 2 rings (SSSR count). The molecule has 2 aliphatic rings. The lowest BCUT2D eigenvalue weighted by Gasteiger charge is -2.40. The van der Waals surface area contributed by atoms with Gasteiger partial charge in [-0.05, 0) is 25.2 Å². The number of carbonyl (C=O) groups excluding carboxylic acids is 1. The molecule has 0 aromatic carbocycles. The van der Waals surface area contributed by atoms with Crippen molar-refractivity contribution < 1.29 is 14.3 Å². The normalized spacial score (nSPS) is 23.3. The third-order valence-corrected chi connectivity index (χ3v) is 5.78. The second-order valence-electron chi connectivity index (χ2n) is 9.36. The van der Waals surface area contributed by atoms with Gasteiger partial charge in [0.2, 0.25) is 5.91 Å². The van der Waals surface area contributed by atoms with Gasteiger partial charge in [0, 0.05) is 65.4 Å². The Morgan fingerprint density at radius 3 is 2.52 bits per heavy atom. The minimum absolute atomic E-state index is 0. The number of hydrogen-bond donors (Lipinski definition) is 2. The van der Waals surface area contributed by atoms with Crippen LogP contribution in [0, 0.1) is 11.3 Å². The summed E-state index contributed by atoms with van der Waals surface area (Å²) >= 11 is 0. The highest BCUT2D eigenvalue weighted by atomic mass is 127. The molecule has 2 atom stereocenters. The molecule has 9 heteroatoms. The van der Waals surface area contributed by atoms with Crippen LogP contribution in [0.15, 0.2) is 4.99 Å². The molecule has 0 radical (unpaired) electrons. The van der Waals surface area contributed by atoms with E-state index in [1.807, 2.05) is 0 Å².